The van der Waals surface area contributed by atoms with Crippen LogP contribution in [0.5, 0.6) is 5.75 Å². The first-order chi connectivity index (χ1) is 18.3. The molecule has 1 atom stereocenters. The van der Waals surface area contributed by atoms with E-state index in [0.29, 0.717) is 16.8 Å². The average molecular weight is 509 g/mol. The number of carbonyl (C=O) groups excluding carboxylic acids is 2. The van der Waals surface area contributed by atoms with Crippen LogP contribution in [0.3, 0.4) is 0 Å². The first-order valence-electron chi connectivity index (χ1n) is 12.6. The van der Waals surface area contributed by atoms with Crippen molar-refractivity contribution in [2.75, 3.05) is 13.2 Å². The molecule has 0 saturated carbocycles. The number of nitrogens with zero attached hydrogens (tertiary/aromatic N) is 4. The lowest BCUT2D eigenvalue weighted by Gasteiger charge is -2.27. The van der Waals surface area contributed by atoms with Crippen LogP contribution in [-0.2, 0) is 16.0 Å². The molecule has 2 aromatic carbocycles. The van der Waals surface area contributed by atoms with Crippen molar-refractivity contribution in [1.29, 1.82) is 5.26 Å². The number of para-hydroxylation sites is 1. The van der Waals surface area contributed by atoms with Crippen LogP contribution >= 0.6 is 0 Å². The van der Waals surface area contributed by atoms with Crippen molar-refractivity contribution < 1.29 is 19.4 Å². The van der Waals surface area contributed by atoms with E-state index < -0.39 is 11.8 Å². The molecule has 2 aliphatic rings. The number of aliphatic hydroxyl groups excluding tert-OH is 1. The van der Waals surface area contributed by atoms with Crippen LogP contribution in [0, 0.1) is 18.3 Å². The van der Waals surface area contributed by atoms with Crippen LogP contribution in [0.15, 0.2) is 65.4 Å². The molecule has 1 N–H and O–H groups in total. The van der Waals surface area contributed by atoms with Crippen molar-refractivity contribution in [2.45, 2.75) is 39.7 Å². The number of ether oxygens (including phenoxy) is 1. The molecule has 5 rings (SSSR count). The summed E-state index contributed by atoms with van der Waals surface area (Å²) in [4.78, 5) is 27.3. The molecule has 8 nitrogen and oxygen atoms in total. The zero-order valence-electron chi connectivity index (χ0n) is 21.6. The summed E-state index contributed by atoms with van der Waals surface area (Å²) in [7, 11) is 0. The van der Waals surface area contributed by atoms with E-state index >= 15 is 0 Å². The summed E-state index contributed by atoms with van der Waals surface area (Å²) in [5.74, 6) is -0.225. The maximum Gasteiger partial charge on any atom is 0.271 e. The Morgan fingerprint density at radius 1 is 1.18 bits per heavy atom. The van der Waals surface area contributed by atoms with Gasteiger partial charge in [-0.3, -0.25) is 14.5 Å². The molecule has 0 spiro atoms. The van der Waals surface area contributed by atoms with Crippen molar-refractivity contribution in [2.24, 2.45) is 0 Å². The summed E-state index contributed by atoms with van der Waals surface area (Å²) >= 11 is 0. The van der Waals surface area contributed by atoms with Crippen molar-refractivity contribution in [3.05, 3.63) is 82.1 Å². The van der Waals surface area contributed by atoms with Crippen molar-refractivity contribution >= 4 is 17.9 Å². The third kappa shape index (κ3) is 4.42. The van der Waals surface area contributed by atoms with Gasteiger partial charge in [0.1, 0.15) is 23.5 Å². The van der Waals surface area contributed by atoms with Gasteiger partial charge < -0.3 is 9.84 Å². The molecule has 38 heavy (non-hydrogen) atoms. The molecule has 0 radical (unpaired) electrons. The predicted octanol–water partition coefficient (Wildman–Crippen LogP) is 4.15. The molecule has 2 amide bonds. The van der Waals surface area contributed by atoms with Gasteiger partial charge in [-0.25, -0.2) is 4.68 Å². The standard InChI is InChI=1S/C30H28N4O4/c1-18-12-21(14-22-13-19(2)38-28(18)22)27-23(17-34(32-27)24-8-5-4-6-9-24)15-25-20(3)26(16-31)30(37)33(29(25)36)10-7-11-35/h4-6,8-9,12,14-15,17,19,35H,7,10-11,13H2,1-3H3. The first-order valence-corrected chi connectivity index (χ1v) is 12.6. The molecule has 3 heterocycles. The number of aromatic nitrogens is 2. The molecular weight excluding hydrogens is 480 g/mol. The SMILES string of the molecule is CC1=C(C#N)C(=O)N(CCCO)C(=O)C1=Cc1cn(-c2ccccc2)nc1-c1cc(C)c2c(c1)CC(C)O2. The zero-order chi connectivity index (χ0) is 27.0. The van der Waals surface area contributed by atoms with E-state index in [4.69, 9.17) is 9.84 Å². The van der Waals surface area contributed by atoms with Crippen molar-refractivity contribution in [1.82, 2.24) is 14.7 Å². The number of hydrogen-bond acceptors (Lipinski definition) is 6. The highest BCUT2D eigenvalue weighted by Gasteiger charge is 2.35. The summed E-state index contributed by atoms with van der Waals surface area (Å²) in [5.41, 5.74) is 5.71. The summed E-state index contributed by atoms with van der Waals surface area (Å²) in [6, 6.07) is 15.7. The minimum atomic E-state index is -0.635. The summed E-state index contributed by atoms with van der Waals surface area (Å²) in [6.45, 7) is 5.52. The number of aliphatic hydroxyl groups is 1. The number of fused-ring (bicyclic) bond motifs is 1. The Hall–Kier alpha value is -4.48. The topological polar surface area (TPSA) is 108 Å². The molecular formula is C30H28N4O4. The second-order valence-corrected chi connectivity index (χ2v) is 9.64. The van der Waals surface area contributed by atoms with E-state index in [1.807, 2.05) is 62.5 Å². The highest BCUT2D eigenvalue weighted by atomic mass is 16.5. The van der Waals surface area contributed by atoms with Crippen LogP contribution in [0.2, 0.25) is 0 Å². The fourth-order valence-corrected chi connectivity index (χ4v) is 5.00. The average Bonchev–Trinajstić information content (AvgIpc) is 3.50. The number of carbonyl (C=O) groups is 2. The Balaban J connectivity index is 1.69. The van der Waals surface area contributed by atoms with Crippen LogP contribution in [-0.4, -0.2) is 50.9 Å². The van der Waals surface area contributed by atoms with Gasteiger partial charge in [-0.2, -0.15) is 10.4 Å². The normalized spacial score (nSPS) is 18.1. The molecule has 1 aromatic heterocycles. The third-order valence-electron chi connectivity index (χ3n) is 6.88. The fraction of sp³-hybridized carbons (Fsp3) is 0.267. The third-order valence-corrected chi connectivity index (χ3v) is 6.88. The lowest BCUT2D eigenvalue weighted by Crippen LogP contribution is -2.43. The van der Waals surface area contributed by atoms with Gasteiger partial charge in [-0.15, -0.1) is 0 Å². The second-order valence-electron chi connectivity index (χ2n) is 9.64. The van der Waals surface area contributed by atoms with E-state index in [-0.39, 0.29) is 36.8 Å². The van der Waals surface area contributed by atoms with Crippen LogP contribution in [0.4, 0.5) is 0 Å². The lowest BCUT2D eigenvalue weighted by molar-refractivity contribution is -0.140. The summed E-state index contributed by atoms with van der Waals surface area (Å²) in [5, 5.41) is 23.9. The molecule has 8 heteroatoms. The molecule has 192 valence electrons. The number of hydrogen-bond donors (Lipinski definition) is 1. The van der Waals surface area contributed by atoms with Gasteiger partial charge in [-0.05, 0) is 74.2 Å². The van der Waals surface area contributed by atoms with Gasteiger partial charge in [0.15, 0.2) is 0 Å². The first kappa shape index (κ1) is 25.2. The Bertz CT molecular complexity index is 1540. The number of imide groups is 1. The minimum absolute atomic E-state index is 0.0301. The van der Waals surface area contributed by atoms with Crippen molar-refractivity contribution in [3.63, 3.8) is 0 Å². The van der Waals surface area contributed by atoms with Crippen molar-refractivity contribution in [3.8, 4) is 28.8 Å². The number of nitriles is 1. The predicted molar refractivity (Wildman–Crippen MR) is 142 cm³/mol. The molecule has 2 aliphatic heterocycles. The molecule has 0 saturated heterocycles. The lowest BCUT2D eigenvalue weighted by atomic mass is 9.92. The van der Waals surface area contributed by atoms with Gasteiger partial charge in [0, 0.05) is 42.5 Å². The molecule has 1 unspecified atom stereocenters. The number of amides is 2. The largest absolute Gasteiger partial charge is 0.490 e. The summed E-state index contributed by atoms with van der Waals surface area (Å²) in [6.07, 6.45) is 4.68. The van der Waals surface area contributed by atoms with Gasteiger partial charge in [0.25, 0.3) is 11.8 Å². The van der Waals surface area contributed by atoms with E-state index in [9.17, 15) is 20.0 Å². The maximum atomic E-state index is 13.5. The fourth-order valence-electron chi connectivity index (χ4n) is 5.00. The zero-order valence-corrected chi connectivity index (χ0v) is 21.6. The Morgan fingerprint density at radius 3 is 2.66 bits per heavy atom. The van der Waals surface area contributed by atoms with E-state index in [1.54, 1.807) is 17.7 Å². The minimum Gasteiger partial charge on any atom is -0.490 e. The van der Waals surface area contributed by atoms with E-state index in [1.165, 1.54) is 0 Å². The maximum absolute atomic E-state index is 13.5. The highest BCUT2D eigenvalue weighted by molar-refractivity contribution is 6.19. The Kier molecular flexibility index (Phi) is 6.70. The quantitative estimate of drug-likeness (QED) is 0.396. The van der Waals surface area contributed by atoms with Gasteiger partial charge in [-0.1, -0.05) is 18.2 Å². The number of benzene rings is 2. The van der Waals surface area contributed by atoms with Crippen LogP contribution in [0.25, 0.3) is 23.0 Å². The second kappa shape index (κ2) is 10.1. The number of rotatable bonds is 6. The Morgan fingerprint density at radius 2 is 1.95 bits per heavy atom. The Labute approximate surface area is 221 Å². The van der Waals surface area contributed by atoms with Crippen LogP contribution in [0.1, 0.15) is 37.0 Å². The monoisotopic (exact) mass is 508 g/mol. The van der Waals surface area contributed by atoms with Gasteiger partial charge >= 0.3 is 0 Å². The van der Waals surface area contributed by atoms with Crippen LogP contribution < -0.4 is 4.74 Å². The van der Waals surface area contributed by atoms with E-state index in [2.05, 4.69) is 6.07 Å². The van der Waals surface area contributed by atoms with E-state index in [0.717, 1.165) is 39.4 Å². The summed E-state index contributed by atoms with van der Waals surface area (Å²) < 4.78 is 7.75. The van der Waals surface area contributed by atoms with Gasteiger partial charge in [0.2, 0.25) is 0 Å². The van der Waals surface area contributed by atoms with Gasteiger partial charge in [0.05, 0.1) is 11.4 Å². The molecule has 0 bridgehead atoms. The molecule has 0 fully saturated rings. The number of aryl methyl sites for hydroxylation is 1. The molecule has 0 aliphatic carbocycles. The molecule has 3 aromatic rings. The highest BCUT2D eigenvalue weighted by Crippen LogP contribution is 2.38. The smallest absolute Gasteiger partial charge is 0.271 e.